The van der Waals surface area contributed by atoms with Crippen molar-refractivity contribution >= 4 is 11.9 Å². The first-order chi connectivity index (χ1) is 14.1. The van der Waals surface area contributed by atoms with Crippen LogP contribution in [0.2, 0.25) is 0 Å². The minimum absolute atomic E-state index is 0.0401. The Morgan fingerprint density at radius 2 is 2.17 bits per heavy atom. The van der Waals surface area contributed by atoms with E-state index in [-0.39, 0.29) is 23.6 Å². The van der Waals surface area contributed by atoms with Crippen LogP contribution in [0.25, 0.3) is 0 Å². The Bertz CT molecular complexity index is 856. The lowest BCUT2D eigenvalue weighted by atomic mass is 10.1. The number of pyridine rings is 1. The molecule has 1 amide bonds. The normalized spacial score (nSPS) is 22.2. The highest BCUT2D eigenvalue weighted by molar-refractivity contribution is 5.86. The average molecular weight is 400 g/mol. The van der Waals surface area contributed by atoms with E-state index in [1.54, 1.807) is 12.4 Å². The molecule has 0 aliphatic carbocycles. The number of aromatic nitrogens is 2. The smallest absolute Gasteiger partial charge is 0.360 e. The summed E-state index contributed by atoms with van der Waals surface area (Å²) in [5.41, 5.74) is 1.07. The van der Waals surface area contributed by atoms with Crippen molar-refractivity contribution in [2.45, 2.75) is 19.0 Å². The minimum atomic E-state index is -0.520. The highest BCUT2D eigenvalue weighted by Gasteiger charge is 2.36. The van der Waals surface area contributed by atoms with Gasteiger partial charge in [0.25, 0.3) is 0 Å². The van der Waals surface area contributed by atoms with Gasteiger partial charge in [0.05, 0.1) is 39.3 Å². The molecule has 2 aromatic rings. The van der Waals surface area contributed by atoms with Gasteiger partial charge < -0.3 is 18.8 Å². The second kappa shape index (κ2) is 8.71. The SMILES string of the molecule is COC(=O)c1coc(CN2C[C@@H]3COC[C@H](C2)N(C(=O)Cc2cccnc2)C3)n1. The maximum Gasteiger partial charge on any atom is 0.360 e. The molecule has 2 aliphatic heterocycles. The van der Waals surface area contributed by atoms with Crippen LogP contribution in [0, 0.1) is 5.92 Å². The molecule has 0 radical (unpaired) electrons. The molecule has 2 aromatic heterocycles. The third-order valence-corrected chi connectivity index (χ3v) is 5.25. The maximum atomic E-state index is 13.0. The number of hydrogen-bond donors (Lipinski definition) is 0. The topological polar surface area (TPSA) is 98.0 Å². The van der Waals surface area contributed by atoms with Gasteiger partial charge in [0, 0.05) is 37.9 Å². The lowest BCUT2D eigenvalue weighted by molar-refractivity contribution is -0.133. The quantitative estimate of drug-likeness (QED) is 0.679. The largest absolute Gasteiger partial charge is 0.464 e. The number of ether oxygens (including phenoxy) is 2. The second-order valence-corrected chi connectivity index (χ2v) is 7.45. The molecule has 29 heavy (non-hydrogen) atoms. The molecule has 154 valence electrons. The molecule has 0 unspecified atom stereocenters. The van der Waals surface area contributed by atoms with E-state index >= 15 is 0 Å². The van der Waals surface area contributed by atoms with Crippen LogP contribution < -0.4 is 0 Å². The third kappa shape index (κ3) is 4.63. The number of amides is 1. The molecule has 2 bridgehead atoms. The number of nitrogens with zero attached hydrogens (tertiary/aromatic N) is 4. The molecule has 2 atom stereocenters. The summed E-state index contributed by atoms with van der Waals surface area (Å²) < 4.78 is 15.9. The van der Waals surface area contributed by atoms with Crippen LogP contribution in [0.5, 0.6) is 0 Å². The summed E-state index contributed by atoms with van der Waals surface area (Å²) in [6, 6.07) is 3.72. The van der Waals surface area contributed by atoms with Crippen molar-refractivity contribution in [1.29, 1.82) is 0 Å². The molecular formula is C20H24N4O5. The molecule has 2 fully saturated rings. The van der Waals surface area contributed by atoms with Gasteiger partial charge in [0.1, 0.15) is 6.26 Å². The molecule has 0 N–H and O–H groups in total. The highest BCUT2D eigenvalue weighted by atomic mass is 16.5. The van der Waals surface area contributed by atoms with Crippen molar-refractivity contribution in [1.82, 2.24) is 19.8 Å². The van der Waals surface area contributed by atoms with Gasteiger partial charge in [-0.05, 0) is 11.6 Å². The summed E-state index contributed by atoms with van der Waals surface area (Å²) in [5.74, 6) is 0.229. The third-order valence-electron chi connectivity index (χ3n) is 5.25. The number of carbonyl (C=O) groups excluding carboxylic acids is 2. The fourth-order valence-electron chi connectivity index (χ4n) is 3.93. The van der Waals surface area contributed by atoms with Crippen molar-refractivity contribution in [2.75, 3.05) is 40.0 Å². The number of esters is 1. The number of rotatable bonds is 5. The van der Waals surface area contributed by atoms with Crippen LogP contribution in [-0.4, -0.2) is 77.6 Å². The zero-order valence-electron chi connectivity index (χ0n) is 16.3. The number of fused-ring (bicyclic) bond motifs is 3. The van der Waals surface area contributed by atoms with Gasteiger partial charge >= 0.3 is 5.97 Å². The Hall–Kier alpha value is -2.78. The fraction of sp³-hybridized carbons (Fsp3) is 0.500. The standard InChI is InChI=1S/C20H24N4O5/c1-27-20(26)17-13-29-18(22-17)10-23-7-15-8-24(16(9-23)12-28-11-15)19(25)5-14-3-2-4-21-6-14/h2-4,6,13,15-16H,5,7-12H2,1H3/t15-,16-/m0/s1. The predicted octanol–water partition coefficient (Wildman–Crippen LogP) is 0.758. The van der Waals surface area contributed by atoms with E-state index < -0.39 is 5.97 Å². The average Bonchev–Trinajstić information content (AvgIpc) is 2.99. The summed E-state index contributed by atoms with van der Waals surface area (Å²) >= 11 is 0. The van der Waals surface area contributed by atoms with Gasteiger partial charge in [0.15, 0.2) is 5.69 Å². The van der Waals surface area contributed by atoms with Gasteiger partial charge in [-0.15, -0.1) is 0 Å². The van der Waals surface area contributed by atoms with E-state index in [2.05, 4.69) is 19.6 Å². The predicted molar refractivity (Wildman–Crippen MR) is 101 cm³/mol. The van der Waals surface area contributed by atoms with Gasteiger partial charge in [-0.25, -0.2) is 9.78 Å². The van der Waals surface area contributed by atoms with Crippen LogP contribution in [0.3, 0.4) is 0 Å². The molecule has 9 nitrogen and oxygen atoms in total. The monoisotopic (exact) mass is 400 g/mol. The second-order valence-electron chi connectivity index (χ2n) is 7.45. The molecular weight excluding hydrogens is 376 g/mol. The summed E-state index contributed by atoms with van der Waals surface area (Å²) in [4.78, 5) is 37.0. The lowest BCUT2D eigenvalue weighted by Gasteiger charge is -2.30. The molecule has 0 aromatic carbocycles. The van der Waals surface area contributed by atoms with Gasteiger partial charge in [0.2, 0.25) is 11.8 Å². The van der Waals surface area contributed by atoms with Crippen LogP contribution in [0.15, 0.2) is 35.2 Å². The molecule has 0 saturated carbocycles. The zero-order chi connectivity index (χ0) is 20.2. The number of methoxy groups -OCH3 is 1. The highest BCUT2D eigenvalue weighted by Crippen LogP contribution is 2.22. The first kappa shape index (κ1) is 19.5. The summed E-state index contributed by atoms with van der Waals surface area (Å²) in [5, 5.41) is 0. The first-order valence-corrected chi connectivity index (χ1v) is 9.63. The number of hydrogen-bond acceptors (Lipinski definition) is 8. The van der Waals surface area contributed by atoms with E-state index in [1.807, 2.05) is 17.0 Å². The summed E-state index contributed by atoms with van der Waals surface area (Å²) in [6.07, 6.45) is 5.07. The minimum Gasteiger partial charge on any atom is -0.464 e. The molecule has 2 aliphatic rings. The van der Waals surface area contributed by atoms with Crippen LogP contribution >= 0.6 is 0 Å². The van der Waals surface area contributed by atoms with Crippen molar-refractivity contribution in [3.05, 3.63) is 47.9 Å². The zero-order valence-corrected chi connectivity index (χ0v) is 16.3. The van der Waals surface area contributed by atoms with Crippen LogP contribution in [0.1, 0.15) is 21.9 Å². The summed E-state index contributed by atoms with van der Waals surface area (Å²) in [6.45, 7) is 3.68. The van der Waals surface area contributed by atoms with E-state index in [4.69, 9.17) is 9.15 Å². The Balaban J connectivity index is 1.44. The van der Waals surface area contributed by atoms with Crippen LogP contribution in [0.4, 0.5) is 0 Å². The van der Waals surface area contributed by atoms with E-state index in [0.29, 0.717) is 45.2 Å². The van der Waals surface area contributed by atoms with E-state index in [1.165, 1.54) is 13.4 Å². The Morgan fingerprint density at radius 1 is 1.28 bits per heavy atom. The number of carbonyl (C=O) groups is 2. The molecule has 4 rings (SSSR count). The number of oxazole rings is 1. The van der Waals surface area contributed by atoms with Crippen molar-refractivity contribution in [3.8, 4) is 0 Å². The van der Waals surface area contributed by atoms with Crippen molar-refractivity contribution < 1.29 is 23.5 Å². The molecule has 9 heteroatoms. The van der Waals surface area contributed by atoms with Gasteiger partial charge in [-0.3, -0.25) is 14.7 Å². The van der Waals surface area contributed by atoms with Crippen molar-refractivity contribution in [3.63, 3.8) is 0 Å². The Kier molecular flexibility index (Phi) is 5.86. The molecule has 2 saturated heterocycles. The summed E-state index contributed by atoms with van der Waals surface area (Å²) in [7, 11) is 1.31. The Morgan fingerprint density at radius 3 is 2.97 bits per heavy atom. The molecule has 0 spiro atoms. The van der Waals surface area contributed by atoms with Gasteiger partial charge in [-0.1, -0.05) is 6.07 Å². The van der Waals surface area contributed by atoms with Crippen LogP contribution in [-0.2, 0) is 27.2 Å². The first-order valence-electron chi connectivity index (χ1n) is 9.63. The maximum absolute atomic E-state index is 13.0. The van der Waals surface area contributed by atoms with E-state index in [9.17, 15) is 9.59 Å². The lowest BCUT2D eigenvalue weighted by Crippen LogP contribution is -2.47. The Labute approximate surface area is 168 Å². The fourth-order valence-corrected chi connectivity index (χ4v) is 3.93. The van der Waals surface area contributed by atoms with Gasteiger partial charge in [-0.2, -0.15) is 0 Å². The van der Waals surface area contributed by atoms with Crippen molar-refractivity contribution in [2.24, 2.45) is 5.92 Å². The molecule has 4 heterocycles. The van der Waals surface area contributed by atoms with E-state index in [0.717, 1.165) is 12.1 Å².